The van der Waals surface area contributed by atoms with E-state index in [1.54, 1.807) is 29.2 Å². The zero-order valence-corrected chi connectivity index (χ0v) is 21.2. The molecule has 1 fully saturated rings. The SMILES string of the molecule is CCc1ccccc1NC(=O)CN1CCN(C(=O)c2ccccc2C(=O)c2cc(C)ccc2C)CC1. The summed E-state index contributed by atoms with van der Waals surface area (Å²) in [6, 6.07) is 20.7. The Labute approximate surface area is 212 Å². The first-order chi connectivity index (χ1) is 17.4. The lowest BCUT2D eigenvalue weighted by molar-refractivity contribution is -0.117. The Bertz CT molecular complexity index is 1280. The molecular weight excluding hydrogens is 450 g/mol. The number of benzene rings is 3. The molecule has 36 heavy (non-hydrogen) atoms. The fraction of sp³-hybridized carbons (Fsp3) is 0.300. The summed E-state index contributed by atoms with van der Waals surface area (Å²) in [5.41, 5.74) is 5.32. The van der Waals surface area contributed by atoms with Crippen LogP contribution < -0.4 is 5.32 Å². The predicted octanol–water partition coefficient (Wildman–Crippen LogP) is 4.49. The molecule has 1 heterocycles. The lowest BCUT2D eigenvalue weighted by atomic mass is 9.94. The van der Waals surface area contributed by atoms with E-state index in [0.717, 1.165) is 28.8 Å². The highest BCUT2D eigenvalue weighted by atomic mass is 16.2. The molecule has 0 aliphatic carbocycles. The van der Waals surface area contributed by atoms with Gasteiger partial charge in [0.2, 0.25) is 5.91 Å². The minimum Gasteiger partial charge on any atom is -0.336 e. The normalized spacial score (nSPS) is 13.9. The number of aryl methyl sites for hydroxylation is 3. The summed E-state index contributed by atoms with van der Waals surface area (Å²) >= 11 is 0. The molecule has 0 radical (unpaired) electrons. The minimum absolute atomic E-state index is 0.0554. The molecule has 0 spiro atoms. The quantitative estimate of drug-likeness (QED) is 0.503. The van der Waals surface area contributed by atoms with Gasteiger partial charge in [-0.2, -0.15) is 0 Å². The second-order valence-corrected chi connectivity index (χ2v) is 9.32. The van der Waals surface area contributed by atoms with Crippen LogP contribution in [0.4, 0.5) is 5.69 Å². The molecule has 1 N–H and O–H groups in total. The Hall–Kier alpha value is -3.77. The average Bonchev–Trinajstić information content (AvgIpc) is 2.90. The van der Waals surface area contributed by atoms with Crippen LogP contribution in [-0.2, 0) is 11.2 Å². The number of para-hydroxylation sites is 1. The monoisotopic (exact) mass is 483 g/mol. The van der Waals surface area contributed by atoms with Gasteiger partial charge in [0.25, 0.3) is 5.91 Å². The lowest BCUT2D eigenvalue weighted by Gasteiger charge is -2.34. The molecule has 6 nitrogen and oxygen atoms in total. The highest BCUT2D eigenvalue weighted by Crippen LogP contribution is 2.21. The molecule has 1 aliphatic heterocycles. The molecule has 0 aromatic heterocycles. The van der Waals surface area contributed by atoms with Crippen LogP contribution in [0.5, 0.6) is 0 Å². The summed E-state index contributed by atoms with van der Waals surface area (Å²) in [4.78, 5) is 43.2. The summed E-state index contributed by atoms with van der Waals surface area (Å²) in [7, 11) is 0. The molecule has 6 heteroatoms. The number of ketones is 1. The van der Waals surface area contributed by atoms with Crippen molar-refractivity contribution in [1.82, 2.24) is 9.80 Å². The van der Waals surface area contributed by atoms with E-state index in [-0.39, 0.29) is 24.1 Å². The van der Waals surface area contributed by atoms with Gasteiger partial charge in [-0.05, 0) is 49.6 Å². The van der Waals surface area contributed by atoms with Gasteiger partial charge >= 0.3 is 0 Å². The van der Waals surface area contributed by atoms with Crippen molar-refractivity contribution in [2.75, 3.05) is 38.0 Å². The van der Waals surface area contributed by atoms with Crippen molar-refractivity contribution in [3.05, 3.63) is 100 Å². The highest BCUT2D eigenvalue weighted by molar-refractivity contribution is 6.16. The van der Waals surface area contributed by atoms with E-state index < -0.39 is 0 Å². The number of carbonyl (C=O) groups is 3. The number of piperazine rings is 1. The number of amides is 2. The van der Waals surface area contributed by atoms with Gasteiger partial charge in [-0.25, -0.2) is 0 Å². The number of nitrogens with one attached hydrogen (secondary N) is 1. The fourth-order valence-corrected chi connectivity index (χ4v) is 4.62. The third-order valence-corrected chi connectivity index (χ3v) is 6.74. The van der Waals surface area contributed by atoms with Crippen LogP contribution in [0.25, 0.3) is 0 Å². The van der Waals surface area contributed by atoms with Crippen LogP contribution in [0.2, 0.25) is 0 Å². The van der Waals surface area contributed by atoms with Crippen molar-refractivity contribution in [2.45, 2.75) is 27.2 Å². The van der Waals surface area contributed by atoms with Crippen LogP contribution in [0.15, 0.2) is 66.7 Å². The van der Waals surface area contributed by atoms with Gasteiger partial charge in [-0.15, -0.1) is 0 Å². The minimum atomic E-state index is -0.148. The first-order valence-electron chi connectivity index (χ1n) is 12.5. The molecule has 2 amide bonds. The van der Waals surface area contributed by atoms with Crippen molar-refractivity contribution >= 4 is 23.3 Å². The van der Waals surface area contributed by atoms with Gasteiger partial charge in [0.1, 0.15) is 0 Å². The molecular formula is C30H33N3O3. The number of hydrogen-bond acceptors (Lipinski definition) is 4. The molecule has 3 aromatic carbocycles. The maximum atomic E-state index is 13.4. The van der Waals surface area contributed by atoms with E-state index in [4.69, 9.17) is 0 Å². The van der Waals surface area contributed by atoms with Crippen molar-refractivity contribution < 1.29 is 14.4 Å². The Morgan fingerprint density at radius 2 is 1.47 bits per heavy atom. The second-order valence-electron chi connectivity index (χ2n) is 9.32. The number of hydrogen-bond donors (Lipinski definition) is 1. The molecule has 1 aliphatic rings. The molecule has 3 aromatic rings. The molecule has 0 bridgehead atoms. The van der Waals surface area contributed by atoms with Crippen LogP contribution in [0.1, 0.15) is 49.9 Å². The van der Waals surface area contributed by atoms with E-state index in [1.165, 1.54) is 0 Å². The second kappa shape index (κ2) is 11.3. The Kier molecular flexibility index (Phi) is 7.96. The third kappa shape index (κ3) is 5.71. The van der Waals surface area contributed by atoms with E-state index in [2.05, 4.69) is 17.1 Å². The van der Waals surface area contributed by atoms with Crippen molar-refractivity contribution in [1.29, 1.82) is 0 Å². The van der Waals surface area contributed by atoms with Crippen LogP contribution in [-0.4, -0.2) is 60.1 Å². The third-order valence-electron chi connectivity index (χ3n) is 6.74. The van der Waals surface area contributed by atoms with Gasteiger partial charge in [0.05, 0.1) is 12.1 Å². The highest BCUT2D eigenvalue weighted by Gasteiger charge is 2.27. The molecule has 0 unspecified atom stereocenters. The first kappa shape index (κ1) is 25.3. The average molecular weight is 484 g/mol. The molecule has 186 valence electrons. The Morgan fingerprint density at radius 1 is 0.806 bits per heavy atom. The Balaban J connectivity index is 1.39. The fourth-order valence-electron chi connectivity index (χ4n) is 4.62. The maximum Gasteiger partial charge on any atom is 0.254 e. The van der Waals surface area contributed by atoms with Gasteiger partial charge < -0.3 is 10.2 Å². The van der Waals surface area contributed by atoms with E-state index >= 15 is 0 Å². The summed E-state index contributed by atoms with van der Waals surface area (Å²) < 4.78 is 0. The van der Waals surface area contributed by atoms with Gasteiger partial charge in [-0.3, -0.25) is 19.3 Å². The van der Waals surface area contributed by atoms with Crippen molar-refractivity contribution in [2.24, 2.45) is 0 Å². The molecule has 4 rings (SSSR count). The number of carbonyl (C=O) groups excluding carboxylic acids is 3. The van der Waals surface area contributed by atoms with Gasteiger partial charge in [0, 0.05) is 43.0 Å². The maximum absolute atomic E-state index is 13.4. The topological polar surface area (TPSA) is 69.7 Å². The first-order valence-corrected chi connectivity index (χ1v) is 12.5. The summed E-state index contributed by atoms with van der Waals surface area (Å²) in [5.74, 6) is -0.340. The van der Waals surface area contributed by atoms with Crippen molar-refractivity contribution in [3.8, 4) is 0 Å². The van der Waals surface area contributed by atoms with Crippen LogP contribution in [0.3, 0.4) is 0 Å². The van der Waals surface area contributed by atoms with Crippen molar-refractivity contribution in [3.63, 3.8) is 0 Å². The van der Waals surface area contributed by atoms with E-state index in [9.17, 15) is 14.4 Å². The summed E-state index contributed by atoms with van der Waals surface area (Å²) in [5, 5.41) is 3.01. The molecule has 1 saturated heterocycles. The zero-order valence-electron chi connectivity index (χ0n) is 21.2. The number of anilines is 1. The van der Waals surface area contributed by atoms with Gasteiger partial charge in [-0.1, -0.05) is 61.0 Å². The van der Waals surface area contributed by atoms with Crippen LogP contribution >= 0.6 is 0 Å². The van der Waals surface area contributed by atoms with Gasteiger partial charge in [0.15, 0.2) is 5.78 Å². The number of rotatable bonds is 7. The smallest absolute Gasteiger partial charge is 0.254 e. The summed E-state index contributed by atoms with van der Waals surface area (Å²) in [6.07, 6.45) is 0.852. The Morgan fingerprint density at radius 3 is 2.19 bits per heavy atom. The largest absolute Gasteiger partial charge is 0.336 e. The molecule has 0 saturated carbocycles. The number of nitrogens with zero attached hydrogens (tertiary/aromatic N) is 2. The summed E-state index contributed by atoms with van der Waals surface area (Å²) in [6.45, 7) is 8.41. The van der Waals surface area contributed by atoms with E-state index in [0.29, 0.717) is 42.9 Å². The predicted molar refractivity (Wildman–Crippen MR) is 143 cm³/mol. The van der Waals surface area contributed by atoms with Crippen LogP contribution in [0, 0.1) is 13.8 Å². The standard InChI is InChI=1S/C30H33N3O3/c1-4-23-9-5-8-12-27(23)31-28(34)20-32-15-17-33(18-16-32)30(36)25-11-7-6-10-24(25)29(35)26-19-21(2)13-14-22(26)3/h5-14,19H,4,15-18,20H2,1-3H3,(H,31,34). The van der Waals surface area contributed by atoms with E-state index in [1.807, 2.05) is 56.3 Å². The lowest BCUT2D eigenvalue weighted by Crippen LogP contribution is -2.50. The molecule has 0 atom stereocenters. The zero-order chi connectivity index (χ0) is 25.7.